The van der Waals surface area contributed by atoms with E-state index in [4.69, 9.17) is 0 Å². The van der Waals surface area contributed by atoms with Crippen molar-refractivity contribution in [3.63, 3.8) is 0 Å². The van der Waals surface area contributed by atoms with Gasteiger partial charge in [-0.05, 0) is 223 Å². The van der Waals surface area contributed by atoms with Crippen molar-refractivity contribution in [1.82, 2.24) is 0 Å². The standard InChI is InChI=1S/2C11H17N.3C10H15N.C9H13N.2C6H15N.3C5H13N.C4H11N.12CH4/c2*1-3-10-12(4-2)11-8-6-5-7-9-11;3*1-3-11(4-2)10-8-6-5-7-9-10;1-3-10(2)9-7-5-4-6-8-9;2*1-4-6-7(3)5-2;3*1-4-6(3)5-2;1-4-5(2)3;;;;;;;;;;;;/h2*5-9H,3-4,10H2,1-2H3;3*5-9H,3-4H2,1-2H3;4-8H,3H2,1-2H3;2*4-6H2,1-3H3;3*4-5H2,1-3H3;4H2,1-3H3;12*1H4/p+12. The number of nitrogens with one attached hydrogen (secondary N) is 12. The summed E-state index contributed by atoms with van der Waals surface area (Å²) in [6.45, 7) is 75.4. The van der Waals surface area contributed by atoms with Crippen LogP contribution in [0.5, 0.6) is 0 Å². The van der Waals surface area contributed by atoms with Crippen LogP contribution in [0.3, 0.4) is 0 Å². The predicted molar refractivity (Wildman–Crippen MR) is 547 cm³/mol. The molecule has 0 amide bonds. The highest BCUT2D eigenvalue weighted by Crippen LogP contribution is 2.02. The number of para-hydroxylation sites is 6. The zero-order valence-electron chi connectivity index (χ0n) is 74.7. The minimum absolute atomic E-state index is 0. The van der Waals surface area contributed by atoms with Gasteiger partial charge in [0.05, 0.1) is 200 Å². The van der Waals surface area contributed by atoms with Crippen LogP contribution in [-0.4, -0.2) is 200 Å². The molecule has 0 fully saturated rings. The second-order valence-electron chi connectivity index (χ2n) is 27.4. The first-order valence-corrected chi connectivity index (χ1v) is 42.3. The third-order valence-corrected chi connectivity index (χ3v) is 19.1. The third kappa shape index (κ3) is 96.0. The molecule has 0 aromatic heterocycles. The van der Waals surface area contributed by atoms with Crippen LogP contribution in [0.4, 0.5) is 34.1 Å². The average molecular weight is 1650 g/mol. The van der Waals surface area contributed by atoms with Crippen LogP contribution in [0.15, 0.2) is 182 Å². The number of rotatable bonds is 32. The van der Waals surface area contributed by atoms with Crippen LogP contribution in [0.2, 0.25) is 0 Å². The van der Waals surface area contributed by atoms with Gasteiger partial charge < -0.3 is 58.8 Å². The Labute approximate surface area is 738 Å². The molecular weight excluding hydrogens is 1420 g/mol. The number of hydrogen-bond acceptors (Lipinski definition) is 0. The first-order valence-electron chi connectivity index (χ1n) is 42.3. The van der Waals surface area contributed by atoms with Crippen molar-refractivity contribution < 1.29 is 58.8 Å². The minimum Gasteiger partial charge on any atom is -0.340 e. The SMILES string of the molecule is C.C.C.C.C.C.C.C.C.C.C.C.CCC[NH+](C)CC.CCC[NH+](C)CC.CCC[NH+](CC)c1ccccc1.CCC[NH+](CC)c1ccccc1.CC[NH+](C)C.CC[NH+](C)CC.CC[NH+](C)CC.CC[NH+](C)CC.CC[NH+](C)c1ccccc1.CC[NH+](CC)c1ccccc1.CC[NH+](CC)c1ccccc1.CC[NH+](CC)c1ccccc1. The highest BCUT2D eigenvalue weighted by molar-refractivity contribution is 5.31. The first kappa shape index (κ1) is 155. The van der Waals surface area contributed by atoms with E-state index in [1.807, 2.05) is 6.07 Å². The fourth-order valence-corrected chi connectivity index (χ4v) is 9.88. The van der Waals surface area contributed by atoms with E-state index in [0.717, 1.165) is 6.54 Å². The first-order chi connectivity index (χ1) is 50.1. The lowest BCUT2D eigenvalue weighted by atomic mass is 10.3. The lowest BCUT2D eigenvalue weighted by Gasteiger charge is -2.15. The molecule has 5 unspecified atom stereocenters. The molecule has 0 spiro atoms. The molecule has 0 saturated carbocycles. The summed E-state index contributed by atoms with van der Waals surface area (Å²) in [4.78, 5) is 18.8. The van der Waals surface area contributed by atoms with Crippen molar-refractivity contribution in [1.29, 1.82) is 0 Å². The molecule has 6 rings (SSSR count). The maximum Gasteiger partial charge on any atom is 0.131 e. The molecule has 0 heterocycles. The Bertz CT molecular complexity index is 2260. The Morgan fingerprint density at radius 3 is 0.405 bits per heavy atom. The van der Waals surface area contributed by atoms with Crippen molar-refractivity contribution in [2.45, 2.75) is 267 Å². The van der Waals surface area contributed by atoms with Gasteiger partial charge in [-0.3, -0.25) is 0 Å². The Morgan fingerprint density at radius 2 is 0.302 bits per heavy atom. The molecule has 12 nitrogen and oxygen atoms in total. The van der Waals surface area contributed by atoms with Gasteiger partial charge in [0.25, 0.3) is 0 Å². The average Bonchev–Trinajstić information content (AvgIpc) is 0.942. The van der Waals surface area contributed by atoms with Crippen molar-refractivity contribution in [2.24, 2.45) is 0 Å². The lowest BCUT2D eigenvalue weighted by Crippen LogP contribution is -3.08. The van der Waals surface area contributed by atoms with Gasteiger partial charge in [-0.1, -0.05) is 226 Å². The predicted octanol–water partition coefficient (Wildman–Crippen LogP) is 13.1. The van der Waals surface area contributed by atoms with Gasteiger partial charge in [-0.15, -0.1) is 0 Å². The lowest BCUT2D eigenvalue weighted by molar-refractivity contribution is -0.877. The van der Waals surface area contributed by atoms with Gasteiger partial charge >= 0.3 is 0 Å². The van der Waals surface area contributed by atoms with Crippen LogP contribution in [0.25, 0.3) is 0 Å². The molecule has 116 heavy (non-hydrogen) atoms. The van der Waals surface area contributed by atoms with E-state index in [-0.39, 0.29) is 89.1 Å². The Kier molecular flexibility index (Phi) is 158. The van der Waals surface area contributed by atoms with Gasteiger partial charge in [0, 0.05) is 0 Å². The van der Waals surface area contributed by atoms with Gasteiger partial charge in [-0.25, -0.2) is 0 Å². The molecular formula is C104H232N12+12. The monoisotopic (exact) mass is 1650 g/mol. The van der Waals surface area contributed by atoms with Gasteiger partial charge in [0.1, 0.15) is 34.1 Å². The van der Waals surface area contributed by atoms with Crippen LogP contribution in [0.1, 0.15) is 267 Å². The van der Waals surface area contributed by atoms with Gasteiger partial charge in [0.15, 0.2) is 0 Å². The molecule has 12 N–H and O–H groups in total. The molecule has 0 bridgehead atoms. The van der Waals surface area contributed by atoms with Crippen LogP contribution < -0.4 is 58.8 Å². The number of hydrogen-bond donors (Lipinski definition) is 12. The van der Waals surface area contributed by atoms with Crippen LogP contribution in [0, 0.1) is 0 Å². The van der Waals surface area contributed by atoms with E-state index in [0.29, 0.717) is 0 Å². The van der Waals surface area contributed by atoms with Crippen molar-refractivity contribution in [2.75, 3.05) is 200 Å². The molecule has 696 valence electrons. The molecule has 6 aromatic carbocycles. The summed E-state index contributed by atoms with van der Waals surface area (Å²) in [5, 5.41) is 0. The molecule has 0 aliphatic heterocycles. The highest BCUT2D eigenvalue weighted by atomic mass is 15.1. The molecule has 12 heteroatoms. The van der Waals surface area contributed by atoms with Crippen LogP contribution >= 0.6 is 0 Å². The number of benzene rings is 6. The zero-order valence-corrected chi connectivity index (χ0v) is 74.7. The molecule has 0 saturated heterocycles. The Balaban J connectivity index is -0.0000000565. The third-order valence-electron chi connectivity index (χ3n) is 19.1. The molecule has 6 aromatic rings. The molecule has 0 aliphatic rings. The molecule has 5 atom stereocenters. The summed E-state index contributed by atoms with van der Waals surface area (Å²) in [5.41, 5.74) is 8.40. The van der Waals surface area contributed by atoms with E-state index in [2.05, 4.69) is 385 Å². The summed E-state index contributed by atoms with van der Waals surface area (Å²) in [6.07, 6.45) is 5.11. The summed E-state index contributed by atoms with van der Waals surface area (Å²) in [6, 6.07) is 63.8. The second-order valence-corrected chi connectivity index (χ2v) is 27.4. The maximum atomic E-state index is 2.23. The fraction of sp³-hybridized carbons (Fsp3) is 0.654. The molecule has 0 radical (unpaired) electrons. The van der Waals surface area contributed by atoms with E-state index < -0.39 is 0 Å². The summed E-state index contributed by atoms with van der Waals surface area (Å²) in [7, 11) is 17.5. The van der Waals surface area contributed by atoms with Gasteiger partial charge in [-0.2, -0.15) is 0 Å². The van der Waals surface area contributed by atoms with Crippen LogP contribution in [-0.2, 0) is 0 Å². The summed E-state index contributed by atoms with van der Waals surface area (Å²) >= 11 is 0. The van der Waals surface area contributed by atoms with E-state index >= 15 is 0 Å². The smallest absolute Gasteiger partial charge is 0.131 e. The Hall–Kier alpha value is -5.16. The Morgan fingerprint density at radius 1 is 0.155 bits per heavy atom. The largest absolute Gasteiger partial charge is 0.340 e. The topological polar surface area (TPSA) is 53.3 Å². The van der Waals surface area contributed by atoms with Crippen molar-refractivity contribution in [3.8, 4) is 0 Å². The highest BCUT2D eigenvalue weighted by Gasteiger charge is 2.09. The fourth-order valence-electron chi connectivity index (χ4n) is 9.88. The minimum atomic E-state index is 0. The summed E-state index contributed by atoms with van der Waals surface area (Å²) < 4.78 is 0. The maximum absolute atomic E-state index is 2.23. The van der Waals surface area contributed by atoms with E-state index in [9.17, 15) is 0 Å². The van der Waals surface area contributed by atoms with Crippen molar-refractivity contribution in [3.05, 3.63) is 182 Å². The quantitative estimate of drug-likeness (QED) is 0.0199. The second kappa shape index (κ2) is 118. The van der Waals surface area contributed by atoms with E-state index in [1.165, 1.54) is 207 Å². The molecule has 0 aliphatic carbocycles. The number of quaternary nitrogens is 12. The normalized spacial score (nSPS) is 10.4. The van der Waals surface area contributed by atoms with Gasteiger partial charge in [0.2, 0.25) is 0 Å². The van der Waals surface area contributed by atoms with Crippen molar-refractivity contribution >= 4 is 34.1 Å². The zero-order chi connectivity index (χ0) is 80.0. The van der Waals surface area contributed by atoms with E-state index in [1.54, 1.807) is 49.0 Å². The summed E-state index contributed by atoms with van der Waals surface area (Å²) in [5.74, 6) is 0.